The first kappa shape index (κ1) is 31.1. The van der Waals surface area contributed by atoms with Crippen LogP contribution in [0.1, 0.15) is 53.4 Å². The number of hydrogen-bond acceptors (Lipinski definition) is 7. The van der Waals surface area contributed by atoms with E-state index in [0.29, 0.717) is 25.8 Å². The predicted octanol–water partition coefficient (Wildman–Crippen LogP) is -2.01. The van der Waals surface area contributed by atoms with Crippen LogP contribution in [0.25, 0.3) is 0 Å². The lowest BCUT2D eigenvalue weighted by Gasteiger charge is -2.28. The van der Waals surface area contributed by atoms with Crippen molar-refractivity contribution in [3.63, 3.8) is 0 Å². The number of rotatable bonds is 16. The van der Waals surface area contributed by atoms with Gasteiger partial charge >= 0.3 is 5.97 Å². The number of carboxylic acids is 1. The molecule has 0 fully saturated rings. The summed E-state index contributed by atoms with van der Waals surface area (Å²) in [4.78, 5) is 53.3. The Balaban J connectivity index is 5.36. The lowest BCUT2D eigenvalue weighted by Crippen LogP contribution is -2.59. The monoisotopic (exact) mass is 487 g/mol. The molecule has 0 aromatic rings. The topological polar surface area (TPSA) is 235 Å². The molecule has 5 atom stereocenters. The fourth-order valence-electron chi connectivity index (χ4n) is 3.03. The summed E-state index contributed by atoms with van der Waals surface area (Å²) in [6.07, 6.45) is 1.55. The van der Waals surface area contributed by atoms with Crippen molar-refractivity contribution >= 4 is 29.7 Å². The molecule has 0 rings (SSSR count). The van der Waals surface area contributed by atoms with Crippen LogP contribution < -0.4 is 33.2 Å². The number of carbonyl (C=O) groups is 4. The number of nitrogens with two attached hydrogens (primary N) is 3. The van der Waals surface area contributed by atoms with E-state index in [9.17, 15) is 24.3 Å². The Hall–Kier alpha value is -2.93. The number of carbonyl (C=O) groups excluding carboxylic acids is 3. The molecule has 0 saturated heterocycles. The molecule has 0 bridgehead atoms. The minimum absolute atomic E-state index is 0.0104. The van der Waals surface area contributed by atoms with E-state index in [0.717, 1.165) is 0 Å². The van der Waals surface area contributed by atoms with Gasteiger partial charge < -0.3 is 43.4 Å². The van der Waals surface area contributed by atoms with Crippen LogP contribution in [0.15, 0.2) is 4.99 Å². The van der Waals surface area contributed by atoms with E-state index in [-0.39, 0.29) is 24.2 Å². The van der Waals surface area contributed by atoms with Gasteiger partial charge in [0.1, 0.15) is 18.1 Å². The second-order valence-electron chi connectivity index (χ2n) is 8.70. The second kappa shape index (κ2) is 15.8. The van der Waals surface area contributed by atoms with Crippen LogP contribution in [-0.4, -0.2) is 77.2 Å². The summed E-state index contributed by atoms with van der Waals surface area (Å²) in [5, 5.41) is 25.7. The molecule has 0 aliphatic carbocycles. The number of guanidine groups is 1. The van der Waals surface area contributed by atoms with Gasteiger partial charge in [-0.15, -0.1) is 0 Å². The molecule has 0 radical (unpaired) electrons. The molecule has 13 heteroatoms. The number of aliphatic carboxylic acids is 1. The first-order chi connectivity index (χ1) is 15.8. The highest BCUT2D eigenvalue weighted by Crippen LogP contribution is 2.11. The van der Waals surface area contributed by atoms with Crippen molar-refractivity contribution in [3.8, 4) is 0 Å². The molecule has 0 aliphatic heterocycles. The summed E-state index contributed by atoms with van der Waals surface area (Å²) < 4.78 is 0. The average molecular weight is 488 g/mol. The smallest absolute Gasteiger partial charge is 0.328 e. The van der Waals surface area contributed by atoms with E-state index in [4.69, 9.17) is 22.3 Å². The number of hydrogen-bond donors (Lipinski definition) is 8. The fraction of sp³-hybridized carbons (Fsp3) is 0.762. The van der Waals surface area contributed by atoms with Crippen molar-refractivity contribution in [1.29, 1.82) is 0 Å². The third kappa shape index (κ3) is 11.8. The number of nitrogens with zero attached hydrogens (tertiary/aromatic N) is 1. The summed E-state index contributed by atoms with van der Waals surface area (Å²) in [5.41, 5.74) is 16.5. The Bertz CT molecular complexity index is 712. The zero-order valence-corrected chi connectivity index (χ0v) is 20.4. The molecule has 0 spiro atoms. The van der Waals surface area contributed by atoms with Crippen LogP contribution >= 0.6 is 0 Å². The summed E-state index contributed by atoms with van der Waals surface area (Å²) in [7, 11) is 0. The molecule has 196 valence electrons. The highest BCUT2D eigenvalue weighted by Gasteiger charge is 2.32. The van der Waals surface area contributed by atoms with Crippen molar-refractivity contribution < 1.29 is 29.4 Å². The number of aliphatic hydroxyl groups is 1. The molecule has 11 N–H and O–H groups in total. The number of nitrogens with one attached hydrogen (secondary N) is 3. The highest BCUT2D eigenvalue weighted by molar-refractivity contribution is 5.94. The van der Waals surface area contributed by atoms with E-state index < -0.39 is 54.5 Å². The van der Waals surface area contributed by atoms with Gasteiger partial charge in [0.15, 0.2) is 5.96 Å². The Morgan fingerprint density at radius 1 is 0.941 bits per heavy atom. The van der Waals surface area contributed by atoms with Gasteiger partial charge in [-0.3, -0.25) is 19.4 Å². The third-order valence-corrected chi connectivity index (χ3v) is 5.23. The van der Waals surface area contributed by atoms with E-state index in [1.807, 2.05) is 20.8 Å². The fourth-order valence-corrected chi connectivity index (χ4v) is 3.03. The van der Waals surface area contributed by atoms with Crippen LogP contribution in [0.3, 0.4) is 0 Å². The summed E-state index contributed by atoms with van der Waals surface area (Å²) in [5.74, 6) is -3.60. The van der Waals surface area contributed by atoms with Crippen molar-refractivity contribution in [1.82, 2.24) is 16.0 Å². The number of carboxylic acid groups (broad SMARTS) is 1. The maximum atomic E-state index is 13.1. The second-order valence-corrected chi connectivity index (χ2v) is 8.70. The van der Waals surface area contributed by atoms with Gasteiger partial charge in [-0.25, -0.2) is 4.79 Å². The van der Waals surface area contributed by atoms with Crippen molar-refractivity contribution in [3.05, 3.63) is 0 Å². The van der Waals surface area contributed by atoms with Gasteiger partial charge in [0, 0.05) is 6.54 Å². The van der Waals surface area contributed by atoms with E-state index in [1.165, 1.54) is 0 Å². The van der Waals surface area contributed by atoms with Gasteiger partial charge in [-0.2, -0.15) is 0 Å². The molecule has 13 nitrogen and oxygen atoms in total. The zero-order valence-electron chi connectivity index (χ0n) is 20.4. The molecular formula is C21H41N7O6. The SMILES string of the molecule is CCC(C)C(NC(=O)C(N)CCCN=C(N)N)C(=O)NC(CC(C)C)C(=O)NC(CO)C(=O)O. The number of aliphatic hydroxyl groups excluding tert-OH is 1. The number of amides is 3. The lowest BCUT2D eigenvalue weighted by atomic mass is 9.96. The Morgan fingerprint density at radius 3 is 2.00 bits per heavy atom. The van der Waals surface area contributed by atoms with Crippen LogP contribution in [0.2, 0.25) is 0 Å². The molecule has 34 heavy (non-hydrogen) atoms. The molecule has 0 aliphatic rings. The molecule has 0 aromatic heterocycles. The van der Waals surface area contributed by atoms with E-state index in [1.54, 1.807) is 6.92 Å². The standard InChI is InChI=1S/C21H41N7O6/c1-5-12(4)16(28-17(30)13(22)7-6-8-25-21(23)24)19(32)26-14(9-11(2)3)18(31)27-15(10-29)20(33)34/h11-16,29H,5-10,22H2,1-4H3,(H,26,32)(H,27,31)(H,28,30)(H,33,34)(H4,23,24,25). The Kier molecular flexibility index (Phi) is 14.5. The van der Waals surface area contributed by atoms with Crippen molar-refractivity contribution in [2.75, 3.05) is 13.2 Å². The molecule has 0 heterocycles. The van der Waals surface area contributed by atoms with Crippen LogP contribution in [0.4, 0.5) is 0 Å². The normalized spacial score (nSPS) is 15.4. The molecule has 0 aromatic carbocycles. The van der Waals surface area contributed by atoms with E-state index >= 15 is 0 Å². The quantitative estimate of drug-likeness (QED) is 0.0681. The minimum atomic E-state index is -1.50. The average Bonchev–Trinajstić information content (AvgIpc) is 2.76. The van der Waals surface area contributed by atoms with Crippen molar-refractivity contribution in [2.45, 2.75) is 77.5 Å². The maximum Gasteiger partial charge on any atom is 0.328 e. The molecule has 0 saturated carbocycles. The predicted molar refractivity (Wildman–Crippen MR) is 127 cm³/mol. The summed E-state index contributed by atoms with van der Waals surface area (Å²) in [6, 6.07) is -4.40. The Morgan fingerprint density at radius 2 is 1.53 bits per heavy atom. The third-order valence-electron chi connectivity index (χ3n) is 5.23. The van der Waals surface area contributed by atoms with Gasteiger partial charge in [-0.1, -0.05) is 34.1 Å². The van der Waals surface area contributed by atoms with Crippen LogP contribution in [-0.2, 0) is 19.2 Å². The first-order valence-corrected chi connectivity index (χ1v) is 11.4. The van der Waals surface area contributed by atoms with E-state index in [2.05, 4.69) is 20.9 Å². The van der Waals surface area contributed by atoms with Gasteiger partial charge in [0.2, 0.25) is 17.7 Å². The zero-order chi connectivity index (χ0) is 26.4. The molecular weight excluding hydrogens is 446 g/mol. The van der Waals surface area contributed by atoms with Crippen molar-refractivity contribution in [2.24, 2.45) is 34.0 Å². The first-order valence-electron chi connectivity index (χ1n) is 11.4. The van der Waals surface area contributed by atoms with Crippen LogP contribution in [0, 0.1) is 11.8 Å². The molecule has 5 unspecified atom stereocenters. The van der Waals surface area contributed by atoms with Gasteiger partial charge in [0.05, 0.1) is 12.6 Å². The maximum absolute atomic E-state index is 13.1. The van der Waals surface area contributed by atoms with Gasteiger partial charge in [-0.05, 0) is 31.1 Å². The largest absolute Gasteiger partial charge is 0.480 e. The lowest BCUT2D eigenvalue weighted by molar-refractivity contribution is -0.143. The van der Waals surface area contributed by atoms with Gasteiger partial charge in [0.25, 0.3) is 0 Å². The summed E-state index contributed by atoms with van der Waals surface area (Å²) >= 11 is 0. The molecule has 3 amide bonds. The van der Waals surface area contributed by atoms with Crippen LogP contribution in [0.5, 0.6) is 0 Å². The highest BCUT2D eigenvalue weighted by atomic mass is 16.4. The Labute approximate surface area is 200 Å². The number of aliphatic imine (C=N–C) groups is 1. The minimum Gasteiger partial charge on any atom is -0.480 e. The summed E-state index contributed by atoms with van der Waals surface area (Å²) in [6.45, 7) is 6.82.